The maximum atomic E-state index is 13.2. The van der Waals surface area contributed by atoms with Crippen molar-refractivity contribution in [1.29, 1.82) is 0 Å². The zero-order valence-corrected chi connectivity index (χ0v) is 20.4. The van der Waals surface area contributed by atoms with Crippen LogP contribution in [0.4, 0.5) is 0 Å². The van der Waals surface area contributed by atoms with E-state index in [0.717, 1.165) is 11.1 Å². The lowest BCUT2D eigenvalue weighted by Crippen LogP contribution is -2.31. The quantitative estimate of drug-likeness (QED) is 0.254. The van der Waals surface area contributed by atoms with Gasteiger partial charge in [0.15, 0.2) is 0 Å². The number of ketones is 1. The molecule has 5 nitrogen and oxygen atoms in total. The molecule has 1 fully saturated rings. The number of rotatable bonds is 8. The molecular weight excluding hydrogens is 438 g/mol. The molecule has 0 spiro atoms. The van der Waals surface area contributed by atoms with E-state index in [1.807, 2.05) is 61.5 Å². The summed E-state index contributed by atoms with van der Waals surface area (Å²) in [6.07, 6.45) is 0.609. The normalized spacial score (nSPS) is 17.3. The fraction of sp³-hybridized carbons (Fsp3) is 0.267. The van der Waals surface area contributed by atoms with Crippen molar-refractivity contribution in [3.05, 3.63) is 107 Å². The molecule has 4 rings (SSSR count). The first kappa shape index (κ1) is 24.3. The molecule has 1 unspecified atom stereocenters. The van der Waals surface area contributed by atoms with Crippen molar-refractivity contribution in [1.82, 2.24) is 4.90 Å². The highest BCUT2D eigenvalue weighted by Gasteiger charge is 2.45. The number of nitrogens with zero attached hydrogens (tertiary/aromatic N) is 1. The molecule has 1 aliphatic rings. The molecule has 1 N–H and O–H groups in total. The number of hydrogen-bond donors (Lipinski definition) is 1. The second-order valence-electron chi connectivity index (χ2n) is 9.01. The molecule has 0 aromatic heterocycles. The first-order valence-corrected chi connectivity index (χ1v) is 12.1. The largest absolute Gasteiger partial charge is 0.507 e. The van der Waals surface area contributed by atoms with Crippen LogP contribution in [0.5, 0.6) is 5.75 Å². The number of aliphatic hydroxyl groups is 1. The van der Waals surface area contributed by atoms with Crippen LogP contribution in [0.2, 0.25) is 0 Å². The van der Waals surface area contributed by atoms with Gasteiger partial charge in [0, 0.05) is 12.1 Å². The third-order valence-electron chi connectivity index (χ3n) is 6.38. The molecule has 0 aliphatic carbocycles. The SMILES string of the molecule is CCOc1ccc(C(O)=C2C(=O)C(=O)N(CCc3ccccc3)C2c2ccc(C(C)C)cc2)cc1. The van der Waals surface area contributed by atoms with E-state index in [9.17, 15) is 14.7 Å². The topological polar surface area (TPSA) is 66.8 Å². The lowest BCUT2D eigenvalue weighted by atomic mass is 9.93. The van der Waals surface area contributed by atoms with E-state index < -0.39 is 17.7 Å². The van der Waals surface area contributed by atoms with E-state index in [4.69, 9.17) is 4.74 Å². The Hall–Kier alpha value is -3.86. The number of Topliss-reactive ketones (excluding diaryl/α,β-unsaturated/α-hetero) is 1. The molecule has 1 amide bonds. The fourth-order valence-corrected chi connectivity index (χ4v) is 4.45. The van der Waals surface area contributed by atoms with E-state index >= 15 is 0 Å². The Balaban J connectivity index is 1.75. The predicted octanol–water partition coefficient (Wildman–Crippen LogP) is 5.87. The Labute approximate surface area is 206 Å². The summed E-state index contributed by atoms with van der Waals surface area (Å²) in [5, 5.41) is 11.2. The van der Waals surface area contributed by atoms with Crippen molar-refractivity contribution in [2.75, 3.05) is 13.2 Å². The smallest absolute Gasteiger partial charge is 0.295 e. The minimum absolute atomic E-state index is 0.115. The maximum Gasteiger partial charge on any atom is 0.295 e. The van der Waals surface area contributed by atoms with Crippen LogP contribution in [-0.4, -0.2) is 34.8 Å². The van der Waals surface area contributed by atoms with Crippen molar-refractivity contribution in [2.24, 2.45) is 0 Å². The van der Waals surface area contributed by atoms with Crippen LogP contribution in [0.25, 0.3) is 5.76 Å². The third-order valence-corrected chi connectivity index (χ3v) is 6.38. The molecule has 3 aromatic rings. The molecule has 5 heteroatoms. The standard InChI is InChI=1S/C30H31NO4/c1-4-35-25-16-14-24(15-17-25)28(32)26-27(23-12-10-22(11-13-23)20(2)3)31(30(34)29(26)33)19-18-21-8-6-5-7-9-21/h5-17,20,27,32H,4,18-19H2,1-3H3. The Bertz CT molecular complexity index is 1210. The highest BCUT2D eigenvalue weighted by atomic mass is 16.5. The first-order valence-electron chi connectivity index (χ1n) is 12.1. The van der Waals surface area contributed by atoms with Gasteiger partial charge in [-0.3, -0.25) is 9.59 Å². The van der Waals surface area contributed by atoms with Gasteiger partial charge in [0.25, 0.3) is 11.7 Å². The van der Waals surface area contributed by atoms with Crippen LogP contribution in [0.1, 0.15) is 55.0 Å². The van der Waals surface area contributed by atoms with Crippen LogP contribution in [0.15, 0.2) is 84.4 Å². The number of aliphatic hydroxyl groups excluding tert-OH is 1. The van der Waals surface area contributed by atoms with E-state index in [-0.39, 0.29) is 11.3 Å². The molecule has 1 saturated heterocycles. The number of carbonyl (C=O) groups excluding carboxylic acids is 2. The van der Waals surface area contributed by atoms with Gasteiger partial charge in [-0.2, -0.15) is 0 Å². The summed E-state index contributed by atoms with van der Waals surface area (Å²) >= 11 is 0. The number of likely N-dealkylation sites (tertiary alicyclic amines) is 1. The first-order chi connectivity index (χ1) is 16.9. The van der Waals surface area contributed by atoms with Crippen LogP contribution in [0.3, 0.4) is 0 Å². The fourth-order valence-electron chi connectivity index (χ4n) is 4.45. The zero-order chi connectivity index (χ0) is 24.9. The van der Waals surface area contributed by atoms with Gasteiger partial charge in [-0.1, -0.05) is 68.4 Å². The Morgan fingerprint density at radius 3 is 2.20 bits per heavy atom. The number of ether oxygens (including phenoxy) is 1. The highest BCUT2D eigenvalue weighted by molar-refractivity contribution is 6.46. The average Bonchev–Trinajstić information content (AvgIpc) is 3.13. The van der Waals surface area contributed by atoms with Crippen molar-refractivity contribution >= 4 is 17.4 Å². The van der Waals surface area contributed by atoms with Crippen molar-refractivity contribution < 1.29 is 19.4 Å². The van der Waals surface area contributed by atoms with Gasteiger partial charge in [-0.25, -0.2) is 0 Å². The molecule has 180 valence electrons. The molecule has 0 radical (unpaired) electrons. The van der Waals surface area contributed by atoms with E-state index in [1.54, 1.807) is 29.2 Å². The number of carbonyl (C=O) groups is 2. The molecule has 0 bridgehead atoms. The minimum Gasteiger partial charge on any atom is -0.507 e. The average molecular weight is 470 g/mol. The summed E-state index contributed by atoms with van der Waals surface area (Å²) in [4.78, 5) is 28.0. The van der Waals surface area contributed by atoms with E-state index in [1.165, 1.54) is 5.56 Å². The molecule has 35 heavy (non-hydrogen) atoms. The van der Waals surface area contributed by atoms with Crippen LogP contribution in [-0.2, 0) is 16.0 Å². The Kier molecular flexibility index (Phi) is 7.35. The second-order valence-corrected chi connectivity index (χ2v) is 9.01. The predicted molar refractivity (Wildman–Crippen MR) is 137 cm³/mol. The van der Waals surface area contributed by atoms with Crippen molar-refractivity contribution in [3.8, 4) is 5.75 Å². The molecule has 0 saturated carbocycles. The van der Waals surface area contributed by atoms with Crippen molar-refractivity contribution in [2.45, 2.75) is 39.2 Å². The Morgan fingerprint density at radius 2 is 1.60 bits per heavy atom. The summed E-state index contributed by atoms with van der Waals surface area (Å²) in [5.74, 6) is -0.397. The lowest BCUT2D eigenvalue weighted by molar-refractivity contribution is -0.139. The van der Waals surface area contributed by atoms with Gasteiger partial charge in [0.2, 0.25) is 0 Å². The maximum absolute atomic E-state index is 13.2. The van der Waals surface area contributed by atoms with E-state index in [2.05, 4.69) is 13.8 Å². The molecule has 1 aliphatic heterocycles. The highest BCUT2D eigenvalue weighted by Crippen LogP contribution is 2.40. The molecular formula is C30H31NO4. The third kappa shape index (κ3) is 5.14. The summed E-state index contributed by atoms with van der Waals surface area (Å²) in [6, 6.07) is 24.1. The van der Waals surface area contributed by atoms with Gasteiger partial charge >= 0.3 is 0 Å². The zero-order valence-electron chi connectivity index (χ0n) is 20.4. The van der Waals surface area contributed by atoms with E-state index in [0.29, 0.717) is 36.8 Å². The number of hydrogen-bond acceptors (Lipinski definition) is 4. The minimum atomic E-state index is -0.664. The summed E-state index contributed by atoms with van der Waals surface area (Å²) in [5.41, 5.74) is 3.63. The van der Waals surface area contributed by atoms with Gasteiger partial charge < -0.3 is 14.7 Å². The lowest BCUT2D eigenvalue weighted by Gasteiger charge is -2.26. The van der Waals surface area contributed by atoms with Crippen LogP contribution in [0, 0.1) is 0 Å². The molecule has 1 atom stereocenters. The van der Waals surface area contributed by atoms with Crippen LogP contribution >= 0.6 is 0 Å². The van der Waals surface area contributed by atoms with Crippen molar-refractivity contribution in [3.63, 3.8) is 0 Å². The van der Waals surface area contributed by atoms with Crippen LogP contribution < -0.4 is 4.74 Å². The van der Waals surface area contributed by atoms with Gasteiger partial charge in [-0.15, -0.1) is 0 Å². The summed E-state index contributed by atoms with van der Waals surface area (Å²) in [6.45, 7) is 7.03. The second kappa shape index (κ2) is 10.6. The molecule has 1 heterocycles. The summed E-state index contributed by atoms with van der Waals surface area (Å²) in [7, 11) is 0. The van der Waals surface area contributed by atoms with Gasteiger partial charge in [0.05, 0.1) is 18.2 Å². The number of benzene rings is 3. The van der Waals surface area contributed by atoms with Gasteiger partial charge in [0.1, 0.15) is 11.5 Å². The van der Waals surface area contributed by atoms with Gasteiger partial charge in [-0.05, 0) is 60.2 Å². The number of amides is 1. The monoisotopic (exact) mass is 469 g/mol. The Morgan fingerprint density at radius 1 is 0.943 bits per heavy atom. The summed E-state index contributed by atoms with van der Waals surface area (Å²) < 4.78 is 5.49. The molecule has 3 aromatic carbocycles.